The fourth-order valence-corrected chi connectivity index (χ4v) is 4.43. The molecule has 0 aliphatic heterocycles. The summed E-state index contributed by atoms with van der Waals surface area (Å²) in [7, 11) is 0. The normalized spacial score (nSPS) is 48.3. The van der Waals surface area contributed by atoms with Gasteiger partial charge in [-0.25, -0.2) is 0 Å². The van der Waals surface area contributed by atoms with Crippen molar-refractivity contribution < 1.29 is 15.0 Å². The molecular formula is C15H26O3. The number of ketones is 1. The van der Waals surface area contributed by atoms with Gasteiger partial charge in [0.1, 0.15) is 5.78 Å². The van der Waals surface area contributed by atoms with Gasteiger partial charge in [-0.3, -0.25) is 4.79 Å². The molecule has 2 aliphatic carbocycles. The molecule has 0 unspecified atom stereocenters. The topological polar surface area (TPSA) is 57.5 Å². The van der Waals surface area contributed by atoms with Crippen molar-refractivity contribution in [3.63, 3.8) is 0 Å². The number of fused-ring (bicyclic) bond motifs is 1. The van der Waals surface area contributed by atoms with Gasteiger partial charge in [0.05, 0.1) is 11.7 Å². The molecule has 0 heterocycles. The number of Topliss-reactive ketones (excluding diaryl/α,β-unsaturated/α-hetero) is 1. The minimum atomic E-state index is -0.781. The summed E-state index contributed by atoms with van der Waals surface area (Å²) in [6, 6.07) is 0. The Labute approximate surface area is 110 Å². The zero-order valence-electron chi connectivity index (χ0n) is 11.9. The Morgan fingerprint density at radius 3 is 2.44 bits per heavy atom. The van der Waals surface area contributed by atoms with Crippen LogP contribution >= 0.6 is 0 Å². The Balaban J connectivity index is 2.34. The molecule has 0 amide bonds. The Hall–Kier alpha value is -0.410. The van der Waals surface area contributed by atoms with Gasteiger partial charge in [0.25, 0.3) is 0 Å². The minimum absolute atomic E-state index is 0.00683. The van der Waals surface area contributed by atoms with Crippen LogP contribution in [0.4, 0.5) is 0 Å². The summed E-state index contributed by atoms with van der Waals surface area (Å²) in [6.45, 7) is 7.89. The van der Waals surface area contributed by atoms with E-state index in [1.165, 1.54) is 6.92 Å². The van der Waals surface area contributed by atoms with E-state index in [2.05, 4.69) is 20.8 Å². The van der Waals surface area contributed by atoms with Crippen LogP contribution < -0.4 is 0 Å². The second kappa shape index (κ2) is 4.31. The first kappa shape index (κ1) is 14.0. The van der Waals surface area contributed by atoms with Crippen molar-refractivity contribution >= 4 is 5.78 Å². The molecule has 104 valence electrons. The lowest BCUT2D eigenvalue weighted by Gasteiger charge is -2.51. The Morgan fingerprint density at radius 1 is 1.33 bits per heavy atom. The SMILES string of the molecule is CC(=O)[C@H]1C[C@]2(O)[C@@H](C(C)C)CC[C@]2(C)C[C@@H]1O. The van der Waals surface area contributed by atoms with Crippen molar-refractivity contribution in [3.05, 3.63) is 0 Å². The van der Waals surface area contributed by atoms with Gasteiger partial charge >= 0.3 is 0 Å². The average Bonchev–Trinajstić information content (AvgIpc) is 2.48. The van der Waals surface area contributed by atoms with Gasteiger partial charge in [-0.15, -0.1) is 0 Å². The molecule has 2 N–H and O–H groups in total. The standard InChI is InChI=1S/C15H26O3/c1-9(2)12-5-6-14(4)8-13(17)11(10(3)16)7-15(12,14)18/h9,11-13,17-18H,5-8H2,1-4H3/t11-,12-,13+,14-,15+/m1/s1. The molecule has 3 heteroatoms. The first-order chi connectivity index (χ1) is 8.21. The number of hydrogen-bond donors (Lipinski definition) is 2. The zero-order valence-corrected chi connectivity index (χ0v) is 11.9. The highest BCUT2D eigenvalue weighted by Crippen LogP contribution is 2.60. The molecule has 0 aromatic carbocycles. The summed E-state index contributed by atoms with van der Waals surface area (Å²) >= 11 is 0. The third kappa shape index (κ3) is 1.83. The molecule has 0 bridgehead atoms. The van der Waals surface area contributed by atoms with E-state index < -0.39 is 11.7 Å². The molecule has 2 rings (SSSR count). The third-order valence-electron chi connectivity index (χ3n) is 5.65. The monoisotopic (exact) mass is 254 g/mol. The first-order valence-electron chi connectivity index (χ1n) is 7.12. The van der Waals surface area contributed by atoms with Crippen molar-refractivity contribution in [2.24, 2.45) is 23.2 Å². The Morgan fingerprint density at radius 2 is 1.94 bits per heavy atom. The van der Waals surface area contributed by atoms with Crippen LogP contribution in [-0.4, -0.2) is 27.7 Å². The molecule has 2 saturated carbocycles. The molecule has 0 spiro atoms. The molecule has 2 aliphatic rings. The van der Waals surface area contributed by atoms with Crippen molar-refractivity contribution in [3.8, 4) is 0 Å². The van der Waals surface area contributed by atoms with Crippen LogP contribution in [-0.2, 0) is 4.79 Å². The lowest BCUT2D eigenvalue weighted by Crippen LogP contribution is -2.57. The van der Waals surface area contributed by atoms with Gasteiger partial charge in [-0.2, -0.15) is 0 Å². The summed E-state index contributed by atoms with van der Waals surface area (Å²) in [5.41, 5.74) is -1.01. The second-order valence-corrected chi connectivity index (χ2v) is 7.07. The first-order valence-corrected chi connectivity index (χ1v) is 7.12. The van der Waals surface area contributed by atoms with Gasteiger partial charge in [0, 0.05) is 5.92 Å². The fourth-order valence-electron chi connectivity index (χ4n) is 4.43. The highest BCUT2D eigenvalue weighted by molar-refractivity contribution is 5.79. The van der Waals surface area contributed by atoms with Crippen molar-refractivity contribution in [1.29, 1.82) is 0 Å². The highest BCUT2D eigenvalue weighted by Gasteiger charge is 2.62. The van der Waals surface area contributed by atoms with E-state index in [4.69, 9.17) is 0 Å². The van der Waals surface area contributed by atoms with E-state index in [9.17, 15) is 15.0 Å². The second-order valence-electron chi connectivity index (χ2n) is 7.07. The maximum atomic E-state index is 11.6. The summed E-state index contributed by atoms with van der Waals surface area (Å²) in [6.07, 6.45) is 2.36. The van der Waals surface area contributed by atoms with Gasteiger partial charge in [-0.05, 0) is 49.9 Å². The molecule has 0 aromatic heterocycles. The Bertz CT molecular complexity index is 352. The van der Waals surface area contributed by atoms with E-state index in [1.54, 1.807) is 0 Å². The summed E-state index contributed by atoms with van der Waals surface area (Å²) in [5.74, 6) is 0.284. The number of carbonyl (C=O) groups excluding carboxylic acids is 1. The van der Waals surface area contributed by atoms with E-state index in [0.29, 0.717) is 18.8 Å². The van der Waals surface area contributed by atoms with Crippen LogP contribution in [0.5, 0.6) is 0 Å². The average molecular weight is 254 g/mol. The van der Waals surface area contributed by atoms with Crippen molar-refractivity contribution in [2.45, 2.75) is 65.1 Å². The van der Waals surface area contributed by atoms with Crippen LogP contribution in [0.2, 0.25) is 0 Å². The van der Waals surface area contributed by atoms with Gasteiger partial charge in [0.15, 0.2) is 0 Å². The molecule has 18 heavy (non-hydrogen) atoms. The predicted molar refractivity (Wildman–Crippen MR) is 70.0 cm³/mol. The molecular weight excluding hydrogens is 228 g/mol. The third-order valence-corrected chi connectivity index (χ3v) is 5.65. The largest absolute Gasteiger partial charge is 0.392 e. The van der Waals surface area contributed by atoms with Crippen LogP contribution in [0, 0.1) is 23.2 Å². The molecule has 0 radical (unpaired) electrons. The van der Waals surface area contributed by atoms with E-state index in [-0.39, 0.29) is 23.0 Å². The highest BCUT2D eigenvalue weighted by atomic mass is 16.3. The molecule has 5 atom stereocenters. The lowest BCUT2D eigenvalue weighted by atomic mass is 9.58. The number of rotatable bonds is 2. The summed E-state index contributed by atoms with van der Waals surface area (Å²) in [5, 5.41) is 21.3. The summed E-state index contributed by atoms with van der Waals surface area (Å²) in [4.78, 5) is 11.6. The number of carbonyl (C=O) groups is 1. The maximum Gasteiger partial charge on any atom is 0.135 e. The van der Waals surface area contributed by atoms with Crippen LogP contribution in [0.15, 0.2) is 0 Å². The number of aliphatic hydroxyl groups is 2. The predicted octanol–water partition coefficient (Wildman–Crippen LogP) is 2.15. The van der Waals surface area contributed by atoms with Gasteiger partial charge in [0.2, 0.25) is 0 Å². The molecule has 0 saturated heterocycles. The van der Waals surface area contributed by atoms with E-state index >= 15 is 0 Å². The van der Waals surface area contributed by atoms with Gasteiger partial charge < -0.3 is 10.2 Å². The lowest BCUT2D eigenvalue weighted by molar-refractivity contribution is -0.171. The number of aliphatic hydroxyl groups excluding tert-OH is 1. The zero-order chi connectivity index (χ0) is 13.7. The van der Waals surface area contributed by atoms with Crippen LogP contribution in [0.25, 0.3) is 0 Å². The minimum Gasteiger partial charge on any atom is -0.392 e. The molecule has 2 fully saturated rings. The smallest absolute Gasteiger partial charge is 0.135 e. The van der Waals surface area contributed by atoms with Crippen molar-refractivity contribution in [2.75, 3.05) is 0 Å². The quantitative estimate of drug-likeness (QED) is 0.794. The van der Waals surface area contributed by atoms with Crippen molar-refractivity contribution in [1.82, 2.24) is 0 Å². The molecule has 0 aromatic rings. The van der Waals surface area contributed by atoms with E-state index in [0.717, 1.165) is 12.8 Å². The summed E-state index contributed by atoms with van der Waals surface area (Å²) < 4.78 is 0. The number of hydrogen-bond acceptors (Lipinski definition) is 3. The van der Waals surface area contributed by atoms with Crippen LogP contribution in [0.1, 0.15) is 53.4 Å². The van der Waals surface area contributed by atoms with Crippen LogP contribution in [0.3, 0.4) is 0 Å². The van der Waals surface area contributed by atoms with Gasteiger partial charge in [-0.1, -0.05) is 20.8 Å². The molecule has 3 nitrogen and oxygen atoms in total. The van der Waals surface area contributed by atoms with E-state index in [1.807, 2.05) is 0 Å². The fraction of sp³-hybridized carbons (Fsp3) is 0.933. The maximum absolute atomic E-state index is 11.6. The Kier molecular flexibility index (Phi) is 3.35.